The maximum absolute atomic E-state index is 12.0. The molecule has 0 spiro atoms. The summed E-state index contributed by atoms with van der Waals surface area (Å²) in [7, 11) is 0. The van der Waals surface area contributed by atoms with Crippen LogP contribution in [0.1, 0.15) is 22.8 Å². The highest BCUT2D eigenvalue weighted by Crippen LogP contribution is 2.32. The van der Waals surface area contributed by atoms with Crippen LogP contribution in [0.3, 0.4) is 0 Å². The topological polar surface area (TPSA) is 70.9 Å². The Morgan fingerprint density at radius 1 is 1.43 bits per heavy atom. The van der Waals surface area contributed by atoms with E-state index in [4.69, 9.17) is 4.74 Å². The highest BCUT2D eigenvalue weighted by Gasteiger charge is 2.09. The van der Waals surface area contributed by atoms with Crippen molar-refractivity contribution in [3.05, 3.63) is 55.6 Å². The molecule has 0 atom stereocenters. The van der Waals surface area contributed by atoms with Crippen LogP contribution in [0.25, 0.3) is 0 Å². The van der Waals surface area contributed by atoms with E-state index in [0.717, 1.165) is 0 Å². The van der Waals surface area contributed by atoms with Crippen molar-refractivity contribution < 1.29 is 14.6 Å². The lowest BCUT2D eigenvalue weighted by Crippen LogP contribution is -2.18. The first-order valence-corrected chi connectivity index (χ1v) is 8.63. The third-order valence-electron chi connectivity index (χ3n) is 2.85. The van der Waals surface area contributed by atoms with Crippen molar-refractivity contribution in [3.63, 3.8) is 0 Å². The summed E-state index contributed by atoms with van der Waals surface area (Å²) < 4.78 is 6.71. The van der Waals surface area contributed by atoms with Gasteiger partial charge >= 0.3 is 0 Å². The fourth-order valence-electron chi connectivity index (χ4n) is 1.80. The van der Waals surface area contributed by atoms with E-state index in [1.165, 1.54) is 6.21 Å². The number of nitrogens with zero attached hydrogens (tertiary/aromatic N) is 1. The van der Waals surface area contributed by atoms with Crippen molar-refractivity contribution in [2.24, 2.45) is 5.10 Å². The van der Waals surface area contributed by atoms with Gasteiger partial charge in [-0.2, -0.15) is 5.10 Å². The van der Waals surface area contributed by atoms with Gasteiger partial charge in [0.15, 0.2) is 11.5 Å². The van der Waals surface area contributed by atoms with E-state index in [2.05, 4.69) is 26.5 Å². The van der Waals surface area contributed by atoms with E-state index in [1.54, 1.807) is 30.3 Å². The minimum absolute atomic E-state index is 0.0989. The summed E-state index contributed by atoms with van der Waals surface area (Å²) in [5.74, 6) is 0.173. The molecule has 0 fully saturated rings. The van der Waals surface area contributed by atoms with Crippen LogP contribution in [0.2, 0.25) is 0 Å². The van der Waals surface area contributed by atoms with E-state index >= 15 is 0 Å². The number of hydrogen-bond donors (Lipinski definition) is 2. The normalized spacial score (nSPS) is 10.7. The largest absolute Gasteiger partial charge is 0.504 e. The fourth-order valence-corrected chi connectivity index (χ4v) is 2.90. The molecule has 2 aromatic carbocycles. The second-order valence-corrected chi connectivity index (χ2v) is 6.48. The highest BCUT2D eigenvalue weighted by atomic mass is 127. The van der Waals surface area contributed by atoms with Crippen molar-refractivity contribution in [2.75, 3.05) is 6.61 Å². The Kier molecular flexibility index (Phi) is 6.40. The van der Waals surface area contributed by atoms with Gasteiger partial charge in [-0.15, -0.1) is 0 Å². The average Bonchev–Trinajstić information content (AvgIpc) is 2.52. The number of hydrazone groups is 1. The Balaban J connectivity index is 2.12. The number of phenolic OH excluding ortho intramolecular Hbond substituents is 1. The van der Waals surface area contributed by atoms with Crippen molar-refractivity contribution in [3.8, 4) is 11.5 Å². The van der Waals surface area contributed by atoms with Gasteiger partial charge in [0.05, 0.1) is 22.0 Å². The molecular weight excluding hydrogens is 475 g/mol. The van der Waals surface area contributed by atoms with Gasteiger partial charge in [0.2, 0.25) is 0 Å². The molecule has 7 heteroatoms. The molecule has 0 aliphatic carbocycles. The third kappa shape index (κ3) is 4.68. The molecule has 1 amide bonds. The number of ether oxygens (including phenoxy) is 1. The molecule has 0 radical (unpaired) electrons. The monoisotopic (exact) mass is 488 g/mol. The minimum atomic E-state index is -0.313. The van der Waals surface area contributed by atoms with Crippen LogP contribution in [0.5, 0.6) is 11.5 Å². The maximum Gasteiger partial charge on any atom is 0.272 e. The van der Waals surface area contributed by atoms with Gasteiger partial charge in [0.1, 0.15) is 0 Å². The van der Waals surface area contributed by atoms with E-state index < -0.39 is 0 Å². The zero-order chi connectivity index (χ0) is 16.8. The smallest absolute Gasteiger partial charge is 0.272 e. The van der Waals surface area contributed by atoms with Crippen LogP contribution in [-0.4, -0.2) is 23.8 Å². The van der Waals surface area contributed by atoms with Crippen LogP contribution in [0, 0.1) is 3.57 Å². The van der Waals surface area contributed by atoms with E-state index in [-0.39, 0.29) is 11.7 Å². The second kappa shape index (κ2) is 8.30. The molecule has 0 aliphatic rings. The number of phenols is 1. The average molecular weight is 489 g/mol. The molecule has 0 saturated heterocycles. The maximum atomic E-state index is 12.0. The van der Waals surface area contributed by atoms with Gasteiger partial charge in [-0.25, -0.2) is 5.43 Å². The lowest BCUT2D eigenvalue weighted by molar-refractivity contribution is 0.0954. The summed E-state index contributed by atoms with van der Waals surface area (Å²) in [6.07, 6.45) is 1.50. The van der Waals surface area contributed by atoms with Crippen molar-refractivity contribution in [1.82, 2.24) is 5.43 Å². The molecule has 2 N–H and O–H groups in total. The summed E-state index contributed by atoms with van der Waals surface area (Å²) in [5.41, 5.74) is 3.68. The first-order valence-electron chi connectivity index (χ1n) is 6.76. The number of carbonyl (C=O) groups is 1. The number of hydrogen-bond acceptors (Lipinski definition) is 4. The summed E-state index contributed by atoms with van der Waals surface area (Å²) in [6.45, 7) is 2.29. The van der Waals surface area contributed by atoms with Crippen LogP contribution in [0.15, 0.2) is 46.0 Å². The van der Waals surface area contributed by atoms with Gasteiger partial charge in [0, 0.05) is 4.47 Å². The van der Waals surface area contributed by atoms with Crippen molar-refractivity contribution in [2.45, 2.75) is 6.92 Å². The number of benzene rings is 2. The molecule has 2 rings (SSSR count). The first kappa shape index (κ1) is 17.7. The van der Waals surface area contributed by atoms with Crippen molar-refractivity contribution >= 4 is 50.6 Å². The second-order valence-electron chi connectivity index (χ2n) is 4.46. The lowest BCUT2D eigenvalue weighted by atomic mass is 10.2. The van der Waals surface area contributed by atoms with Crippen LogP contribution in [0.4, 0.5) is 0 Å². The number of halogens is 2. The minimum Gasteiger partial charge on any atom is -0.504 e. The van der Waals surface area contributed by atoms with Gasteiger partial charge in [-0.05, 0) is 75.3 Å². The van der Waals surface area contributed by atoms with Crippen LogP contribution >= 0.6 is 38.5 Å². The summed E-state index contributed by atoms with van der Waals surface area (Å²) in [4.78, 5) is 12.0. The number of rotatable bonds is 5. The lowest BCUT2D eigenvalue weighted by Gasteiger charge is -2.08. The SMILES string of the molecule is CCOc1cc(/C=N/NC(=O)c2ccccc2Br)cc(I)c1O. The Hall–Kier alpha value is -1.61. The third-order valence-corrected chi connectivity index (χ3v) is 4.36. The Morgan fingerprint density at radius 2 is 2.17 bits per heavy atom. The van der Waals surface area contributed by atoms with E-state index in [0.29, 0.717) is 31.5 Å². The summed E-state index contributed by atoms with van der Waals surface area (Å²) >= 11 is 5.33. The Morgan fingerprint density at radius 3 is 2.87 bits per heavy atom. The molecule has 0 unspecified atom stereocenters. The zero-order valence-electron chi connectivity index (χ0n) is 12.2. The summed E-state index contributed by atoms with van der Waals surface area (Å²) in [6, 6.07) is 10.5. The number of nitrogens with one attached hydrogen (secondary N) is 1. The quantitative estimate of drug-likeness (QED) is 0.380. The molecular formula is C16H14BrIN2O3. The molecule has 0 aliphatic heterocycles. The standard InChI is InChI=1S/C16H14BrIN2O3/c1-2-23-14-8-10(7-13(18)15(14)21)9-19-20-16(22)11-5-3-4-6-12(11)17/h3-9,21H,2H2,1H3,(H,20,22)/b19-9+. The van der Waals surface area contributed by atoms with Gasteiger partial charge in [-0.3, -0.25) is 4.79 Å². The molecule has 0 bridgehead atoms. The summed E-state index contributed by atoms with van der Waals surface area (Å²) in [5, 5.41) is 13.8. The fraction of sp³-hybridized carbons (Fsp3) is 0.125. The predicted molar refractivity (Wildman–Crippen MR) is 101 cm³/mol. The molecule has 120 valence electrons. The van der Waals surface area contributed by atoms with Crippen LogP contribution < -0.4 is 10.2 Å². The molecule has 0 heterocycles. The molecule has 5 nitrogen and oxygen atoms in total. The highest BCUT2D eigenvalue weighted by molar-refractivity contribution is 14.1. The van der Waals surface area contributed by atoms with Gasteiger partial charge in [0.25, 0.3) is 5.91 Å². The predicted octanol–water partition coefficient (Wildman–Crippen LogP) is 3.92. The van der Waals surface area contributed by atoms with Gasteiger partial charge in [-0.1, -0.05) is 12.1 Å². The van der Waals surface area contributed by atoms with E-state index in [9.17, 15) is 9.90 Å². The Labute approximate surface area is 156 Å². The molecule has 23 heavy (non-hydrogen) atoms. The number of amides is 1. The number of carbonyl (C=O) groups excluding carboxylic acids is 1. The molecule has 0 saturated carbocycles. The molecule has 2 aromatic rings. The van der Waals surface area contributed by atoms with Crippen molar-refractivity contribution in [1.29, 1.82) is 0 Å². The number of aromatic hydroxyl groups is 1. The molecule has 0 aromatic heterocycles. The first-order chi connectivity index (χ1) is 11.0. The Bertz CT molecular complexity index is 750. The van der Waals surface area contributed by atoms with Crippen LogP contribution in [-0.2, 0) is 0 Å². The van der Waals surface area contributed by atoms with E-state index in [1.807, 2.05) is 35.6 Å². The van der Waals surface area contributed by atoms with Gasteiger partial charge < -0.3 is 9.84 Å². The zero-order valence-corrected chi connectivity index (χ0v) is 16.0.